The van der Waals surface area contributed by atoms with Gasteiger partial charge >= 0.3 is 7.60 Å². The van der Waals surface area contributed by atoms with Crippen molar-refractivity contribution in [1.29, 1.82) is 0 Å². The van der Waals surface area contributed by atoms with Gasteiger partial charge in [0.15, 0.2) is 0 Å². The van der Waals surface area contributed by atoms with E-state index in [9.17, 15) is 19.6 Å². The molecule has 1 aliphatic rings. The fraction of sp³-hybridized carbons (Fsp3) is 0.900. The molecule has 5 atom stereocenters. The molecule has 0 bridgehead atoms. The van der Waals surface area contributed by atoms with Crippen LogP contribution >= 0.6 is 7.60 Å². The summed E-state index contributed by atoms with van der Waals surface area (Å²) in [6, 6.07) is -1.00. The molecule has 0 unspecified atom stereocenters. The van der Waals surface area contributed by atoms with Crippen molar-refractivity contribution in [2.45, 2.75) is 43.8 Å². The predicted octanol–water partition coefficient (Wildman–Crippen LogP) is -2.46. The van der Waals surface area contributed by atoms with Crippen molar-refractivity contribution in [3.8, 4) is 0 Å². The molecule has 10 heteroatoms. The molecule has 1 aliphatic heterocycles. The maximum Gasteiger partial charge on any atom is 0.325 e. The Morgan fingerprint density at radius 3 is 2.30 bits per heavy atom. The van der Waals surface area contributed by atoms with E-state index in [1.54, 1.807) is 0 Å². The number of carbonyl (C=O) groups is 1. The van der Waals surface area contributed by atoms with Crippen molar-refractivity contribution in [2.75, 3.05) is 12.8 Å². The molecule has 0 aromatic carbocycles. The van der Waals surface area contributed by atoms with Crippen LogP contribution in [0.3, 0.4) is 0 Å². The van der Waals surface area contributed by atoms with Gasteiger partial charge in [-0.3, -0.25) is 9.36 Å². The zero-order valence-electron chi connectivity index (χ0n) is 10.9. The van der Waals surface area contributed by atoms with Crippen molar-refractivity contribution in [1.82, 2.24) is 5.32 Å². The molecule has 1 amide bonds. The number of aliphatic hydroxyl groups excluding tert-OH is 3. The Kier molecular flexibility index (Phi) is 6.08. The molecule has 1 rings (SSSR count). The first-order valence-corrected chi connectivity index (χ1v) is 7.89. The summed E-state index contributed by atoms with van der Waals surface area (Å²) >= 11 is 0. The van der Waals surface area contributed by atoms with Crippen molar-refractivity contribution < 1.29 is 39.2 Å². The maximum absolute atomic E-state index is 11.1. The first kappa shape index (κ1) is 17.5. The summed E-state index contributed by atoms with van der Waals surface area (Å²) < 4.78 is 16.2. The van der Waals surface area contributed by atoms with Gasteiger partial charge in [0.05, 0.1) is 24.9 Å². The quantitative estimate of drug-likeness (QED) is 0.305. The van der Waals surface area contributed by atoms with E-state index in [4.69, 9.17) is 19.6 Å². The minimum absolute atomic E-state index is 0.129. The molecule has 1 heterocycles. The van der Waals surface area contributed by atoms with Crippen LogP contribution < -0.4 is 5.32 Å². The molecule has 0 aromatic rings. The van der Waals surface area contributed by atoms with Crippen LogP contribution in [-0.2, 0) is 14.1 Å². The first-order valence-electron chi connectivity index (χ1n) is 6.10. The molecule has 1 fully saturated rings. The van der Waals surface area contributed by atoms with Gasteiger partial charge in [-0.25, -0.2) is 0 Å². The lowest BCUT2D eigenvalue weighted by Gasteiger charge is -2.42. The number of carbonyl (C=O) groups excluding carboxylic acids is 1. The van der Waals surface area contributed by atoms with E-state index in [1.165, 1.54) is 6.92 Å². The van der Waals surface area contributed by atoms with Gasteiger partial charge in [0.1, 0.15) is 18.3 Å². The molecule has 1 saturated heterocycles. The van der Waals surface area contributed by atoms with E-state index in [2.05, 4.69) is 5.32 Å². The highest BCUT2D eigenvalue weighted by atomic mass is 31.2. The monoisotopic (exact) mass is 313 g/mol. The van der Waals surface area contributed by atoms with Gasteiger partial charge in [0.25, 0.3) is 0 Å². The predicted molar refractivity (Wildman–Crippen MR) is 66.9 cm³/mol. The summed E-state index contributed by atoms with van der Waals surface area (Å²) in [6.45, 7) is 0.648. The number of amides is 1. The molecule has 9 nitrogen and oxygen atoms in total. The zero-order valence-corrected chi connectivity index (χ0v) is 11.8. The third-order valence-electron chi connectivity index (χ3n) is 3.10. The summed E-state index contributed by atoms with van der Waals surface area (Å²) in [6.07, 6.45) is -5.40. The van der Waals surface area contributed by atoms with Crippen LogP contribution in [0.2, 0.25) is 0 Å². The molecule has 118 valence electrons. The van der Waals surface area contributed by atoms with Gasteiger partial charge in [-0.15, -0.1) is 0 Å². The van der Waals surface area contributed by atoms with Crippen LogP contribution in [0.5, 0.6) is 0 Å². The van der Waals surface area contributed by atoms with E-state index in [0.29, 0.717) is 0 Å². The SMILES string of the molecule is CC(=O)N[C@@H]1[C@@H](O)[C@H](O)[C@@H](CO)O[C@@H]1CCP(=O)(O)O. The molecule has 0 saturated carbocycles. The van der Waals surface area contributed by atoms with Gasteiger partial charge in [-0.05, 0) is 6.42 Å². The summed E-state index contributed by atoms with van der Waals surface area (Å²) in [5.74, 6) is -0.478. The second kappa shape index (κ2) is 6.95. The number of rotatable bonds is 5. The van der Waals surface area contributed by atoms with Gasteiger partial charge < -0.3 is 35.2 Å². The van der Waals surface area contributed by atoms with Gasteiger partial charge in [0.2, 0.25) is 5.91 Å². The topological polar surface area (TPSA) is 157 Å². The molecule has 0 aliphatic carbocycles. The lowest BCUT2D eigenvalue weighted by Crippen LogP contribution is -2.64. The van der Waals surface area contributed by atoms with Crippen molar-refractivity contribution in [3.63, 3.8) is 0 Å². The molecule has 6 N–H and O–H groups in total. The summed E-state index contributed by atoms with van der Waals surface area (Å²) in [5, 5.41) is 31.1. The number of aliphatic hydroxyl groups is 3. The molecule has 0 radical (unpaired) electrons. The minimum atomic E-state index is -4.26. The van der Waals surface area contributed by atoms with Gasteiger partial charge in [-0.1, -0.05) is 0 Å². The van der Waals surface area contributed by atoms with Crippen LogP contribution in [0.25, 0.3) is 0 Å². The minimum Gasteiger partial charge on any atom is -0.394 e. The normalized spacial score (nSPS) is 34.8. The van der Waals surface area contributed by atoms with E-state index < -0.39 is 56.7 Å². The van der Waals surface area contributed by atoms with Crippen LogP contribution in [-0.4, -0.2) is 74.2 Å². The van der Waals surface area contributed by atoms with Crippen LogP contribution in [0, 0.1) is 0 Å². The van der Waals surface area contributed by atoms with Crippen LogP contribution in [0.1, 0.15) is 13.3 Å². The van der Waals surface area contributed by atoms with Crippen LogP contribution in [0.15, 0.2) is 0 Å². The summed E-state index contributed by atoms with van der Waals surface area (Å²) in [5.41, 5.74) is 0. The Morgan fingerprint density at radius 2 is 1.85 bits per heavy atom. The summed E-state index contributed by atoms with van der Waals surface area (Å²) in [7, 11) is -4.26. The van der Waals surface area contributed by atoms with Crippen LogP contribution in [0.4, 0.5) is 0 Å². The lowest BCUT2D eigenvalue weighted by atomic mass is 9.91. The largest absolute Gasteiger partial charge is 0.394 e. The van der Waals surface area contributed by atoms with Crippen molar-refractivity contribution >= 4 is 13.5 Å². The van der Waals surface area contributed by atoms with Gasteiger partial charge in [0, 0.05) is 6.92 Å². The molecular weight excluding hydrogens is 293 g/mol. The second-order valence-electron chi connectivity index (χ2n) is 4.78. The third-order valence-corrected chi connectivity index (χ3v) is 3.94. The molecule has 0 spiro atoms. The molecule has 0 aromatic heterocycles. The average molecular weight is 313 g/mol. The zero-order chi connectivity index (χ0) is 15.5. The fourth-order valence-electron chi connectivity index (χ4n) is 2.15. The highest BCUT2D eigenvalue weighted by Gasteiger charge is 2.44. The van der Waals surface area contributed by atoms with E-state index in [-0.39, 0.29) is 6.42 Å². The van der Waals surface area contributed by atoms with Crippen molar-refractivity contribution in [2.24, 2.45) is 0 Å². The molecular formula is C10H20NO8P. The smallest absolute Gasteiger partial charge is 0.325 e. The Hall–Kier alpha value is -0.540. The number of hydrogen-bond donors (Lipinski definition) is 6. The Bertz CT molecular complexity index is 385. The van der Waals surface area contributed by atoms with E-state index >= 15 is 0 Å². The maximum atomic E-state index is 11.1. The first-order chi connectivity index (χ1) is 9.15. The Balaban J connectivity index is 2.83. The average Bonchev–Trinajstić information content (AvgIpc) is 2.32. The third kappa shape index (κ3) is 4.78. The van der Waals surface area contributed by atoms with Crippen molar-refractivity contribution in [3.05, 3.63) is 0 Å². The standard InChI is InChI=1S/C10H20NO8P/c1-5(13)11-8-6(2-3-20(16,17)18)19-7(4-12)9(14)10(8)15/h6-10,12,14-15H,2-4H2,1H3,(H,11,13)(H2,16,17,18)/t6-,7-,8+,9-,10-/m1/s1. The number of hydrogen-bond acceptors (Lipinski definition) is 6. The Labute approximate surface area is 115 Å². The Morgan fingerprint density at radius 1 is 1.25 bits per heavy atom. The van der Waals surface area contributed by atoms with E-state index in [0.717, 1.165) is 0 Å². The van der Waals surface area contributed by atoms with Gasteiger partial charge in [-0.2, -0.15) is 0 Å². The lowest BCUT2D eigenvalue weighted by molar-refractivity contribution is -0.195. The molecule has 20 heavy (non-hydrogen) atoms. The number of nitrogens with one attached hydrogen (secondary N) is 1. The highest BCUT2D eigenvalue weighted by molar-refractivity contribution is 7.51. The van der Waals surface area contributed by atoms with E-state index in [1.807, 2.05) is 0 Å². The fourth-order valence-corrected chi connectivity index (χ4v) is 2.74. The highest BCUT2D eigenvalue weighted by Crippen LogP contribution is 2.37. The second-order valence-corrected chi connectivity index (χ2v) is 6.56. The summed E-state index contributed by atoms with van der Waals surface area (Å²) in [4.78, 5) is 28.8. The number of ether oxygens (including phenoxy) is 1.